The average Bonchev–Trinajstić information content (AvgIpc) is 1.95. The first kappa shape index (κ1) is 8.33. The van der Waals surface area contributed by atoms with Crippen molar-refractivity contribution in [2.45, 2.75) is 0 Å². The van der Waals surface area contributed by atoms with E-state index in [-0.39, 0.29) is 6.03 Å². The van der Waals surface area contributed by atoms with Gasteiger partial charge >= 0.3 is 6.03 Å². The highest BCUT2D eigenvalue weighted by atomic mass is 16.2. The molecule has 2 N–H and O–H groups in total. The molecule has 1 aliphatic heterocycles. The molecule has 4 heteroatoms. The van der Waals surface area contributed by atoms with Gasteiger partial charge in [-0.15, -0.1) is 0 Å². The zero-order valence-corrected chi connectivity index (χ0v) is 7.05. The second-order valence-electron chi connectivity index (χ2n) is 3.05. The molecule has 2 amide bonds. The zero-order chi connectivity index (χ0) is 8.27. The van der Waals surface area contributed by atoms with Gasteiger partial charge in [-0.3, -0.25) is 0 Å². The predicted molar refractivity (Wildman–Crippen MR) is 43.4 cm³/mol. The van der Waals surface area contributed by atoms with Gasteiger partial charge in [0.2, 0.25) is 0 Å². The molecule has 0 aromatic carbocycles. The van der Waals surface area contributed by atoms with Gasteiger partial charge in [-0.05, 0) is 7.05 Å². The summed E-state index contributed by atoms with van der Waals surface area (Å²) in [5.41, 5.74) is 0. The van der Waals surface area contributed by atoms with Crippen LogP contribution in [0, 0.1) is 5.92 Å². The molecule has 0 unspecified atom stereocenters. The maximum absolute atomic E-state index is 10.7. The Bertz CT molecular complexity index is 143. The highest BCUT2D eigenvalue weighted by molar-refractivity contribution is 5.73. The summed E-state index contributed by atoms with van der Waals surface area (Å²) in [6, 6.07) is -0.0837. The minimum atomic E-state index is -0.0837. The van der Waals surface area contributed by atoms with Crippen molar-refractivity contribution in [3.63, 3.8) is 0 Å². The number of nitrogens with one attached hydrogen (secondary N) is 2. The Morgan fingerprint density at radius 2 is 2.27 bits per heavy atom. The van der Waals surface area contributed by atoms with E-state index in [1.54, 1.807) is 7.05 Å². The van der Waals surface area contributed by atoms with Gasteiger partial charge < -0.3 is 15.5 Å². The molecule has 0 saturated carbocycles. The number of hydrogen-bond acceptors (Lipinski definition) is 2. The molecule has 0 radical (unpaired) electrons. The topological polar surface area (TPSA) is 44.4 Å². The molecule has 11 heavy (non-hydrogen) atoms. The first-order chi connectivity index (χ1) is 5.22. The van der Waals surface area contributed by atoms with Crippen LogP contribution in [0.25, 0.3) is 0 Å². The lowest BCUT2D eigenvalue weighted by Gasteiger charge is -2.36. The average molecular weight is 157 g/mol. The molecule has 0 aromatic heterocycles. The molecule has 4 nitrogen and oxygen atoms in total. The minimum absolute atomic E-state index is 0.0837. The largest absolute Gasteiger partial charge is 0.341 e. The van der Waals surface area contributed by atoms with Crippen LogP contribution < -0.4 is 10.6 Å². The van der Waals surface area contributed by atoms with Crippen LogP contribution >= 0.6 is 0 Å². The number of hydrogen-bond donors (Lipinski definition) is 2. The van der Waals surface area contributed by atoms with E-state index >= 15 is 0 Å². The standard InChI is InChI=1S/C7H15N3O/c1-8-7(11)9-3-6-4-10(2)5-6/h6H,3-5H2,1-2H3,(H2,8,9,11). The van der Waals surface area contributed by atoms with Crippen LogP contribution in [0.2, 0.25) is 0 Å². The van der Waals surface area contributed by atoms with Crippen LogP contribution in [0.1, 0.15) is 0 Å². The van der Waals surface area contributed by atoms with Crippen molar-refractivity contribution in [3.8, 4) is 0 Å². The summed E-state index contributed by atoms with van der Waals surface area (Å²) >= 11 is 0. The van der Waals surface area contributed by atoms with Crippen molar-refractivity contribution in [1.29, 1.82) is 0 Å². The number of carbonyl (C=O) groups is 1. The Labute approximate surface area is 66.9 Å². The van der Waals surface area contributed by atoms with E-state index < -0.39 is 0 Å². The molecule has 1 fully saturated rings. The van der Waals surface area contributed by atoms with Crippen LogP contribution in [0.15, 0.2) is 0 Å². The van der Waals surface area contributed by atoms with E-state index in [0.29, 0.717) is 5.92 Å². The smallest absolute Gasteiger partial charge is 0.314 e. The highest BCUT2D eigenvalue weighted by Crippen LogP contribution is 2.10. The van der Waals surface area contributed by atoms with Crippen molar-refractivity contribution in [2.75, 3.05) is 33.7 Å². The van der Waals surface area contributed by atoms with Crippen molar-refractivity contribution in [1.82, 2.24) is 15.5 Å². The van der Waals surface area contributed by atoms with Crippen molar-refractivity contribution < 1.29 is 4.79 Å². The van der Waals surface area contributed by atoms with Gasteiger partial charge in [0.1, 0.15) is 0 Å². The number of urea groups is 1. The summed E-state index contributed by atoms with van der Waals surface area (Å²) in [4.78, 5) is 12.9. The molecule has 0 atom stereocenters. The van der Waals surface area contributed by atoms with Crippen LogP contribution in [-0.2, 0) is 0 Å². The SMILES string of the molecule is CNC(=O)NCC1CN(C)C1. The van der Waals surface area contributed by atoms with Crippen LogP contribution in [0.3, 0.4) is 0 Å². The third-order valence-corrected chi connectivity index (χ3v) is 1.92. The van der Waals surface area contributed by atoms with E-state index in [2.05, 4.69) is 22.6 Å². The van der Waals surface area contributed by atoms with Crippen LogP contribution in [0.5, 0.6) is 0 Å². The Hall–Kier alpha value is -0.770. The summed E-state index contributed by atoms with van der Waals surface area (Å²) in [5, 5.41) is 5.29. The monoisotopic (exact) mass is 157 g/mol. The molecule has 0 bridgehead atoms. The second-order valence-corrected chi connectivity index (χ2v) is 3.05. The quantitative estimate of drug-likeness (QED) is 0.566. The second kappa shape index (κ2) is 3.57. The minimum Gasteiger partial charge on any atom is -0.341 e. The van der Waals surface area contributed by atoms with Crippen molar-refractivity contribution in [2.24, 2.45) is 5.92 Å². The third-order valence-electron chi connectivity index (χ3n) is 1.92. The lowest BCUT2D eigenvalue weighted by atomic mass is 10.0. The molecular formula is C7H15N3O. The molecule has 64 valence electrons. The predicted octanol–water partition coefficient (Wildman–Crippen LogP) is -0.523. The maximum Gasteiger partial charge on any atom is 0.314 e. The Balaban J connectivity index is 2.00. The normalized spacial score (nSPS) is 19.1. The van der Waals surface area contributed by atoms with E-state index in [0.717, 1.165) is 19.6 Å². The Kier molecular flexibility index (Phi) is 2.70. The van der Waals surface area contributed by atoms with Gasteiger partial charge in [-0.25, -0.2) is 4.79 Å². The van der Waals surface area contributed by atoms with Crippen LogP contribution in [-0.4, -0.2) is 44.7 Å². The molecule has 1 rings (SSSR count). The molecule has 1 heterocycles. The van der Waals surface area contributed by atoms with Crippen LogP contribution in [0.4, 0.5) is 4.79 Å². The van der Waals surface area contributed by atoms with Gasteiger partial charge in [-0.1, -0.05) is 0 Å². The van der Waals surface area contributed by atoms with Crippen molar-refractivity contribution in [3.05, 3.63) is 0 Å². The van der Waals surface area contributed by atoms with Crippen molar-refractivity contribution >= 4 is 6.03 Å². The molecule has 1 saturated heterocycles. The number of rotatable bonds is 2. The molecule has 1 aliphatic rings. The Morgan fingerprint density at radius 3 is 2.73 bits per heavy atom. The first-order valence-corrected chi connectivity index (χ1v) is 3.86. The van der Waals surface area contributed by atoms with Gasteiger partial charge in [-0.2, -0.15) is 0 Å². The van der Waals surface area contributed by atoms with E-state index in [1.165, 1.54) is 0 Å². The number of likely N-dealkylation sites (tertiary alicyclic amines) is 1. The van der Waals surface area contributed by atoms with E-state index in [4.69, 9.17) is 0 Å². The summed E-state index contributed by atoms with van der Waals surface area (Å²) < 4.78 is 0. The van der Waals surface area contributed by atoms with Gasteiger partial charge in [0.25, 0.3) is 0 Å². The third kappa shape index (κ3) is 2.38. The van der Waals surface area contributed by atoms with E-state index in [9.17, 15) is 4.79 Å². The first-order valence-electron chi connectivity index (χ1n) is 3.86. The molecule has 0 aromatic rings. The Morgan fingerprint density at radius 1 is 1.64 bits per heavy atom. The zero-order valence-electron chi connectivity index (χ0n) is 7.05. The summed E-state index contributed by atoms with van der Waals surface area (Å²) in [6.45, 7) is 3.00. The molecular weight excluding hydrogens is 142 g/mol. The lowest BCUT2D eigenvalue weighted by molar-refractivity contribution is 0.134. The maximum atomic E-state index is 10.7. The summed E-state index contributed by atoms with van der Waals surface area (Å²) in [5.74, 6) is 0.650. The lowest BCUT2D eigenvalue weighted by Crippen LogP contribution is -2.50. The molecule has 0 aliphatic carbocycles. The fraction of sp³-hybridized carbons (Fsp3) is 0.857. The van der Waals surface area contributed by atoms with E-state index in [1.807, 2.05) is 0 Å². The van der Waals surface area contributed by atoms with Gasteiger partial charge in [0.05, 0.1) is 0 Å². The fourth-order valence-electron chi connectivity index (χ4n) is 1.28. The fourth-order valence-corrected chi connectivity index (χ4v) is 1.28. The summed E-state index contributed by atoms with van der Waals surface area (Å²) in [6.07, 6.45) is 0. The number of nitrogens with zero attached hydrogens (tertiary/aromatic N) is 1. The van der Waals surface area contributed by atoms with Gasteiger partial charge in [0.15, 0.2) is 0 Å². The van der Waals surface area contributed by atoms with Gasteiger partial charge in [0, 0.05) is 32.6 Å². The summed E-state index contributed by atoms with van der Waals surface area (Å²) in [7, 11) is 3.71. The highest BCUT2D eigenvalue weighted by Gasteiger charge is 2.22. The number of amides is 2. The molecule has 0 spiro atoms. The number of carbonyl (C=O) groups excluding carboxylic acids is 1.